The normalized spacial score (nSPS) is 15.1. The second-order valence-electron chi connectivity index (χ2n) is 4.43. The topological polar surface area (TPSA) is 55.6 Å². The Morgan fingerprint density at radius 1 is 1.41 bits per heavy atom. The molecule has 1 N–H and O–H groups in total. The lowest BCUT2D eigenvalue weighted by molar-refractivity contribution is 0.666. The maximum Gasteiger partial charge on any atom is 0.172 e. The first-order valence-corrected chi connectivity index (χ1v) is 5.88. The van der Waals surface area contributed by atoms with E-state index < -0.39 is 0 Å². The van der Waals surface area contributed by atoms with Crippen LogP contribution in [0.3, 0.4) is 0 Å². The van der Waals surface area contributed by atoms with Gasteiger partial charge < -0.3 is 5.32 Å². The predicted octanol–water partition coefficient (Wildman–Crippen LogP) is 1.22. The molecule has 17 heavy (non-hydrogen) atoms. The maximum absolute atomic E-state index is 4.53. The summed E-state index contributed by atoms with van der Waals surface area (Å²) >= 11 is 0. The number of rotatable bonds is 4. The Bertz CT molecular complexity index is 515. The highest BCUT2D eigenvalue weighted by Crippen LogP contribution is 2.19. The number of hydrogen-bond donors (Lipinski definition) is 1. The van der Waals surface area contributed by atoms with Crippen LogP contribution in [-0.2, 0) is 6.54 Å². The zero-order valence-electron chi connectivity index (χ0n) is 9.80. The van der Waals surface area contributed by atoms with Gasteiger partial charge in [-0.05, 0) is 25.8 Å². The molecule has 2 heterocycles. The van der Waals surface area contributed by atoms with E-state index in [0.29, 0.717) is 6.04 Å². The van der Waals surface area contributed by atoms with E-state index in [1.807, 2.05) is 19.2 Å². The highest BCUT2D eigenvalue weighted by Gasteiger charge is 2.20. The number of aryl methyl sites for hydroxylation is 1. The largest absolute Gasteiger partial charge is 0.308 e. The summed E-state index contributed by atoms with van der Waals surface area (Å²) in [6.45, 7) is 2.74. The van der Waals surface area contributed by atoms with Gasteiger partial charge in [0, 0.05) is 25.0 Å². The molecule has 0 radical (unpaired) electrons. The van der Waals surface area contributed by atoms with Gasteiger partial charge in [-0.25, -0.2) is 9.67 Å². The number of hydrogen-bond acceptors (Lipinski definition) is 4. The molecule has 88 valence electrons. The minimum Gasteiger partial charge on any atom is -0.308 e. The first kappa shape index (κ1) is 10.4. The number of aromatic nitrogens is 4. The minimum absolute atomic E-state index is 0.687. The van der Waals surface area contributed by atoms with Gasteiger partial charge in [0.15, 0.2) is 5.82 Å². The SMILES string of the molecule is Cc1ccn(-c2cncc(CNC3CC3)n2)n1. The summed E-state index contributed by atoms with van der Waals surface area (Å²) in [6.07, 6.45) is 8.00. The van der Waals surface area contributed by atoms with Gasteiger partial charge in [0.2, 0.25) is 0 Å². The Kier molecular flexibility index (Phi) is 2.60. The molecule has 3 rings (SSSR count). The third-order valence-electron chi connectivity index (χ3n) is 2.78. The van der Waals surface area contributed by atoms with E-state index >= 15 is 0 Å². The van der Waals surface area contributed by atoms with Crippen molar-refractivity contribution in [1.82, 2.24) is 25.1 Å². The molecule has 0 atom stereocenters. The first-order chi connectivity index (χ1) is 8.31. The van der Waals surface area contributed by atoms with Gasteiger partial charge in [-0.2, -0.15) is 5.10 Å². The molecule has 2 aromatic rings. The van der Waals surface area contributed by atoms with Crippen molar-refractivity contribution in [1.29, 1.82) is 0 Å². The first-order valence-electron chi connectivity index (χ1n) is 5.88. The predicted molar refractivity (Wildman–Crippen MR) is 63.8 cm³/mol. The Balaban J connectivity index is 1.77. The van der Waals surface area contributed by atoms with Gasteiger partial charge in [-0.1, -0.05) is 0 Å². The van der Waals surface area contributed by atoms with E-state index in [1.165, 1.54) is 12.8 Å². The molecule has 5 heteroatoms. The third-order valence-corrected chi connectivity index (χ3v) is 2.78. The molecule has 2 aromatic heterocycles. The van der Waals surface area contributed by atoms with E-state index in [0.717, 1.165) is 23.8 Å². The van der Waals surface area contributed by atoms with Crippen LogP contribution in [0.2, 0.25) is 0 Å². The van der Waals surface area contributed by atoms with Crippen LogP contribution in [0.4, 0.5) is 0 Å². The molecule has 0 unspecified atom stereocenters. The van der Waals surface area contributed by atoms with Crippen LogP contribution in [0.1, 0.15) is 24.2 Å². The molecule has 1 aliphatic carbocycles. The van der Waals surface area contributed by atoms with Crippen molar-refractivity contribution in [3.63, 3.8) is 0 Å². The van der Waals surface area contributed by atoms with Crippen molar-refractivity contribution in [3.05, 3.63) is 36.0 Å². The zero-order chi connectivity index (χ0) is 11.7. The second-order valence-corrected chi connectivity index (χ2v) is 4.43. The molecule has 0 aliphatic heterocycles. The van der Waals surface area contributed by atoms with Crippen LogP contribution in [0.15, 0.2) is 24.7 Å². The standard InChI is InChI=1S/C12H15N5/c1-9-4-5-17(16-9)12-8-13-6-11(15-12)7-14-10-2-3-10/h4-6,8,10,14H,2-3,7H2,1H3. The van der Waals surface area contributed by atoms with Crippen molar-refractivity contribution in [2.24, 2.45) is 0 Å². The second kappa shape index (κ2) is 4.25. The monoisotopic (exact) mass is 229 g/mol. The van der Waals surface area contributed by atoms with Crippen LogP contribution in [0.5, 0.6) is 0 Å². The van der Waals surface area contributed by atoms with Crippen molar-refractivity contribution in [2.75, 3.05) is 0 Å². The van der Waals surface area contributed by atoms with E-state index in [-0.39, 0.29) is 0 Å². The van der Waals surface area contributed by atoms with E-state index in [1.54, 1.807) is 17.1 Å². The van der Waals surface area contributed by atoms with Gasteiger partial charge in [0.05, 0.1) is 17.6 Å². The highest BCUT2D eigenvalue weighted by molar-refractivity contribution is 5.19. The van der Waals surface area contributed by atoms with Gasteiger partial charge in [0.25, 0.3) is 0 Å². The molecular formula is C12H15N5. The molecule has 1 fully saturated rings. The summed E-state index contributed by atoms with van der Waals surface area (Å²) in [4.78, 5) is 8.74. The van der Waals surface area contributed by atoms with Crippen LogP contribution < -0.4 is 5.32 Å². The van der Waals surface area contributed by atoms with Gasteiger partial charge >= 0.3 is 0 Å². The molecule has 0 saturated heterocycles. The fourth-order valence-electron chi connectivity index (χ4n) is 1.67. The van der Waals surface area contributed by atoms with Crippen LogP contribution >= 0.6 is 0 Å². The summed E-state index contributed by atoms with van der Waals surface area (Å²) in [6, 6.07) is 2.64. The Morgan fingerprint density at radius 2 is 2.29 bits per heavy atom. The summed E-state index contributed by atoms with van der Waals surface area (Å²) in [5, 5.41) is 7.75. The van der Waals surface area contributed by atoms with E-state index in [2.05, 4.69) is 20.4 Å². The molecule has 5 nitrogen and oxygen atoms in total. The average molecular weight is 229 g/mol. The van der Waals surface area contributed by atoms with Crippen LogP contribution in [-0.4, -0.2) is 25.8 Å². The van der Waals surface area contributed by atoms with Crippen LogP contribution in [0.25, 0.3) is 5.82 Å². The number of nitrogens with one attached hydrogen (secondary N) is 1. The van der Waals surface area contributed by atoms with E-state index in [9.17, 15) is 0 Å². The molecule has 1 aliphatic rings. The van der Waals surface area contributed by atoms with Crippen molar-refractivity contribution < 1.29 is 0 Å². The molecule has 1 saturated carbocycles. The fraction of sp³-hybridized carbons (Fsp3) is 0.417. The highest BCUT2D eigenvalue weighted by atomic mass is 15.3. The zero-order valence-corrected chi connectivity index (χ0v) is 9.80. The molecular weight excluding hydrogens is 214 g/mol. The number of nitrogens with zero attached hydrogens (tertiary/aromatic N) is 4. The Morgan fingerprint density at radius 3 is 3.00 bits per heavy atom. The quantitative estimate of drug-likeness (QED) is 0.856. The maximum atomic E-state index is 4.53. The molecule has 0 bridgehead atoms. The fourth-order valence-corrected chi connectivity index (χ4v) is 1.67. The average Bonchev–Trinajstić information content (AvgIpc) is 3.08. The smallest absolute Gasteiger partial charge is 0.172 e. The van der Waals surface area contributed by atoms with Gasteiger partial charge in [0.1, 0.15) is 0 Å². The van der Waals surface area contributed by atoms with Gasteiger partial charge in [-0.15, -0.1) is 0 Å². The minimum atomic E-state index is 0.687. The lowest BCUT2D eigenvalue weighted by Gasteiger charge is -2.04. The Labute approximate surface area is 99.9 Å². The third kappa shape index (κ3) is 2.50. The van der Waals surface area contributed by atoms with Gasteiger partial charge in [-0.3, -0.25) is 4.98 Å². The summed E-state index contributed by atoms with van der Waals surface area (Å²) in [5.41, 5.74) is 1.94. The van der Waals surface area contributed by atoms with E-state index in [4.69, 9.17) is 0 Å². The summed E-state index contributed by atoms with van der Waals surface area (Å²) in [5.74, 6) is 0.771. The van der Waals surface area contributed by atoms with Crippen molar-refractivity contribution >= 4 is 0 Å². The molecule has 0 amide bonds. The molecule has 0 spiro atoms. The summed E-state index contributed by atoms with van der Waals surface area (Å²) in [7, 11) is 0. The lowest BCUT2D eigenvalue weighted by atomic mass is 10.4. The Hall–Kier alpha value is -1.75. The summed E-state index contributed by atoms with van der Waals surface area (Å²) < 4.78 is 1.75. The van der Waals surface area contributed by atoms with Crippen molar-refractivity contribution in [2.45, 2.75) is 32.4 Å². The van der Waals surface area contributed by atoms with Crippen molar-refractivity contribution in [3.8, 4) is 5.82 Å². The molecule has 0 aromatic carbocycles. The lowest BCUT2D eigenvalue weighted by Crippen LogP contribution is -2.17. The van der Waals surface area contributed by atoms with Crippen LogP contribution in [0, 0.1) is 6.92 Å².